The van der Waals surface area contributed by atoms with Crippen molar-refractivity contribution in [1.29, 1.82) is 0 Å². The smallest absolute Gasteiger partial charge is 0.418 e. The predicted octanol–water partition coefficient (Wildman–Crippen LogP) is 4.47. The molecule has 13 heteroatoms. The summed E-state index contributed by atoms with van der Waals surface area (Å²) in [5.41, 5.74) is -1.44. The number of alkyl halides is 3. The minimum atomic E-state index is -4.84. The van der Waals surface area contributed by atoms with Crippen molar-refractivity contribution >= 4 is 29.6 Å². The van der Waals surface area contributed by atoms with E-state index in [0.29, 0.717) is 40.6 Å². The number of hydrogen-bond donors (Lipinski definition) is 2. The highest BCUT2D eigenvalue weighted by Crippen LogP contribution is 2.47. The average molecular weight is 563 g/mol. The Kier molecular flexibility index (Phi) is 6.71. The van der Waals surface area contributed by atoms with Gasteiger partial charge in [-0.25, -0.2) is 18.9 Å². The first-order valence-corrected chi connectivity index (χ1v) is 12.7. The molecular weight excluding hydrogens is 536 g/mol. The van der Waals surface area contributed by atoms with Crippen LogP contribution in [0.4, 0.5) is 32.8 Å². The van der Waals surface area contributed by atoms with E-state index >= 15 is 0 Å². The Balaban J connectivity index is 1.39. The maximum absolute atomic E-state index is 13.7. The van der Waals surface area contributed by atoms with Gasteiger partial charge in [0.2, 0.25) is 11.5 Å². The number of fused-ring (bicyclic) bond motifs is 2. The van der Waals surface area contributed by atoms with Crippen LogP contribution in [0.15, 0.2) is 36.4 Å². The van der Waals surface area contributed by atoms with Crippen LogP contribution in [0.1, 0.15) is 54.5 Å². The minimum Gasteiger partial charge on any atom is -0.427 e. The zero-order chi connectivity index (χ0) is 29.0. The summed E-state index contributed by atoms with van der Waals surface area (Å²) < 4.78 is 60.4. The van der Waals surface area contributed by atoms with Gasteiger partial charge in [0, 0.05) is 30.8 Å². The van der Waals surface area contributed by atoms with Crippen LogP contribution in [-0.2, 0) is 32.5 Å². The molecule has 1 aliphatic carbocycles. The number of urea groups is 1. The molecule has 212 valence electrons. The largest absolute Gasteiger partial charge is 0.427 e. The van der Waals surface area contributed by atoms with Gasteiger partial charge in [0.25, 0.3) is 5.91 Å². The number of benzene rings is 2. The highest BCUT2D eigenvalue weighted by molar-refractivity contribution is 6.06. The highest BCUT2D eigenvalue weighted by Gasteiger charge is 2.58. The second kappa shape index (κ2) is 9.79. The third-order valence-corrected chi connectivity index (χ3v) is 7.77. The lowest BCUT2D eigenvalue weighted by Crippen LogP contribution is -2.46. The molecule has 9 nitrogen and oxygen atoms in total. The summed E-state index contributed by atoms with van der Waals surface area (Å²) in [6, 6.07) is 5.22. The molecule has 0 aromatic heterocycles. The molecule has 2 heterocycles. The Labute approximate surface area is 226 Å². The molecule has 2 N–H and O–H groups in total. The number of hydrogen-bond acceptors (Lipinski definition) is 5. The number of anilines is 1. The summed E-state index contributed by atoms with van der Waals surface area (Å²) in [4.78, 5) is 53.4. The Hall–Kier alpha value is -4.16. The number of amides is 5. The van der Waals surface area contributed by atoms with Gasteiger partial charge in [-0.3, -0.25) is 9.59 Å². The van der Waals surface area contributed by atoms with Crippen LogP contribution in [-0.4, -0.2) is 53.4 Å². The van der Waals surface area contributed by atoms with E-state index in [2.05, 4.69) is 10.6 Å². The van der Waals surface area contributed by atoms with E-state index in [9.17, 15) is 36.7 Å². The van der Waals surface area contributed by atoms with Crippen molar-refractivity contribution < 1.29 is 41.5 Å². The van der Waals surface area contributed by atoms with Crippen LogP contribution in [0, 0.1) is 5.82 Å². The molecule has 5 amide bonds. The number of carbonyl (C=O) groups excluding carboxylic acids is 4. The molecule has 1 spiro atoms. The molecule has 0 unspecified atom stereocenters. The van der Waals surface area contributed by atoms with Gasteiger partial charge in [0.1, 0.15) is 12.4 Å². The second-order valence-electron chi connectivity index (χ2n) is 10.1. The number of nitrogens with zero attached hydrogens (tertiary/aromatic N) is 2. The van der Waals surface area contributed by atoms with Crippen molar-refractivity contribution in [2.45, 2.75) is 56.5 Å². The molecule has 0 radical (unpaired) electrons. The monoisotopic (exact) mass is 562 g/mol. The molecule has 40 heavy (non-hydrogen) atoms. The lowest BCUT2D eigenvalue weighted by molar-refractivity contribution is -0.144. The number of halogens is 4. The first kappa shape index (κ1) is 27.4. The number of rotatable bonds is 4. The molecule has 3 atom stereocenters. The quantitative estimate of drug-likeness (QED) is 0.535. The highest BCUT2D eigenvalue weighted by atomic mass is 19.4. The predicted molar refractivity (Wildman–Crippen MR) is 132 cm³/mol. The van der Waals surface area contributed by atoms with Crippen LogP contribution < -0.4 is 10.6 Å². The van der Waals surface area contributed by atoms with Crippen LogP contribution >= 0.6 is 0 Å². The normalized spacial score (nSPS) is 23.9. The van der Waals surface area contributed by atoms with E-state index in [1.54, 1.807) is 25.1 Å². The maximum Gasteiger partial charge on any atom is 0.418 e. The Morgan fingerprint density at radius 3 is 2.58 bits per heavy atom. The number of likely N-dealkylation sites (tertiary alicyclic amines) is 1. The lowest BCUT2D eigenvalue weighted by Gasteiger charge is -2.31. The molecular formula is C27H26F4N4O5. The molecule has 2 aromatic rings. The number of imide groups is 1. The van der Waals surface area contributed by atoms with Gasteiger partial charge in [-0.2, -0.15) is 13.2 Å². The van der Waals surface area contributed by atoms with Crippen molar-refractivity contribution in [2.24, 2.45) is 0 Å². The summed E-state index contributed by atoms with van der Waals surface area (Å²) in [5.74, 6) is -2.51. The van der Waals surface area contributed by atoms with E-state index < -0.39 is 65.7 Å². The Morgan fingerprint density at radius 1 is 1.12 bits per heavy atom. The van der Waals surface area contributed by atoms with Gasteiger partial charge in [-0.05, 0) is 61.6 Å². The van der Waals surface area contributed by atoms with Crippen molar-refractivity contribution in [3.05, 3.63) is 64.5 Å². The molecule has 2 aliphatic heterocycles. The van der Waals surface area contributed by atoms with Crippen molar-refractivity contribution in [2.75, 3.05) is 18.9 Å². The van der Waals surface area contributed by atoms with Crippen LogP contribution in [0.3, 0.4) is 0 Å². The molecule has 2 saturated heterocycles. The summed E-state index contributed by atoms with van der Waals surface area (Å²) in [5, 5.41) is 5.06. The van der Waals surface area contributed by atoms with Gasteiger partial charge < -0.3 is 20.3 Å². The van der Waals surface area contributed by atoms with E-state index in [0.717, 1.165) is 12.1 Å². The van der Waals surface area contributed by atoms with E-state index in [-0.39, 0.29) is 18.4 Å². The molecule has 2 aromatic carbocycles. The average Bonchev–Trinajstić information content (AvgIpc) is 3.53. The third-order valence-electron chi connectivity index (χ3n) is 7.77. The lowest BCUT2D eigenvalue weighted by atomic mass is 9.94. The zero-order valence-corrected chi connectivity index (χ0v) is 21.6. The van der Waals surface area contributed by atoms with Gasteiger partial charge in [-0.15, -0.1) is 0 Å². The SMILES string of the molecule is CNC(=O)Nc1ccc2c(c1)CC[C@@]21OC(=O)N(CC(=O)N2[C@@H](C)CC[C@H]2c2ccc(F)cc2C(F)(F)F)C1=O. The summed E-state index contributed by atoms with van der Waals surface area (Å²) >= 11 is 0. The third kappa shape index (κ3) is 4.52. The number of nitrogens with one attached hydrogen (secondary N) is 2. The fourth-order valence-corrected chi connectivity index (χ4v) is 5.92. The molecule has 3 aliphatic rings. The van der Waals surface area contributed by atoms with Crippen molar-refractivity contribution in [3.63, 3.8) is 0 Å². The van der Waals surface area contributed by atoms with Gasteiger partial charge in [0.15, 0.2) is 0 Å². The summed E-state index contributed by atoms with van der Waals surface area (Å²) in [6.45, 7) is 0.951. The number of aryl methyl sites for hydroxylation is 1. The van der Waals surface area contributed by atoms with Gasteiger partial charge in [0.05, 0.1) is 11.6 Å². The first-order chi connectivity index (χ1) is 18.9. The fourth-order valence-electron chi connectivity index (χ4n) is 5.92. The number of ether oxygens (including phenoxy) is 1. The topological polar surface area (TPSA) is 108 Å². The second-order valence-corrected chi connectivity index (χ2v) is 10.1. The van der Waals surface area contributed by atoms with Crippen LogP contribution in [0.2, 0.25) is 0 Å². The molecule has 5 rings (SSSR count). The van der Waals surface area contributed by atoms with Gasteiger partial charge >= 0.3 is 18.3 Å². The molecule has 0 bridgehead atoms. The molecule has 0 saturated carbocycles. The fraction of sp³-hybridized carbons (Fsp3) is 0.407. The van der Waals surface area contributed by atoms with Gasteiger partial charge in [-0.1, -0.05) is 12.1 Å². The number of carbonyl (C=O) groups is 4. The maximum atomic E-state index is 13.7. The summed E-state index contributed by atoms with van der Waals surface area (Å²) in [6.07, 6.45) is -4.79. The van der Waals surface area contributed by atoms with Crippen molar-refractivity contribution in [3.8, 4) is 0 Å². The van der Waals surface area contributed by atoms with Crippen LogP contribution in [0.25, 0.3) is 0 Å². The van der Waals surface area contributed by atoms with Crippen LogP contribution in [0.5, 0.6) is 0 Å². The van der Waals surface area contributed by atoms with E-state index in [1.165, 1.54) is 11.9 Å². The Morgan fingerprint density at radius 2 is 1.88 bits per heavy atom. The summed E-state index contributed by atoms with van der Waals surface area (Å²) in [7, 11) is 1.46. The van der Waals surface area contributed by atoms with E-state index in [1.807, 2.05) is 0 Å². The zero-order valence-electron chi connectivity index (χ0n) is 21.6. The Bertz CT molecular complexity index is 1410. The molecule has 2 fully saturated rings. The van der Waals surface area contributed by atoms with E-state index in [4.69, 9.17) is 4.74 Å². The van der Waals surface area contributed by atoms with Crippen molar-refractivity contribution in [1.82, 2.24) is 15.1 Å². The minimum absolute atomic E-state index is 0.133. The first-order valence-electron chi connectivity index (χ1n) is 12.7. The standard InChI is InChI=1S/C27H26F4N4O5/c1-14-3-8-21(18-6-4-16(28)12-20(18)27(29,30)31)35(14)22(36)13-34-23(37)26(40-25(34)39)10-9-15-11-17(5-7-19(15)26)33-24(38)32-2/h4-7,11-12,14,21H,3,8-10,13H2,1-2H3,(H2,32,33,38)/t14-,21-,26+/m0/s1.